The lowest BCUT2D eigenvalue weighted by Crippen LogP contribution is -2.28. The summed E-state index contributed by atoms with van der Waals surface area (Å²) in [7, 11) is 0. The van der Waals surface area contributed by atoms with Crippen LogP contribution in [0.4, 0.5) is 5.13 Å². The number of carbonyl (C=O) groups is 2. The van der Waals surface area contributed by atoms with Crippen LogP contribution < -0.4 is 5.32 Å². The van der Waals surface area contributed by atoms with E-state index in [0.29, 0.717) is 18.2 Å². The van der Waals surface area contributed by atoms with E-state index in [2.05, 4.69) is 27.6 Å². The zero-order valence-corrected chi connectivity index (χ0v) is 16.8. The highest BCUT2D eigenvalue weighted by Gasteiger charge is 2.34. The molecule has 3 aromatic rings. The third kappa shape index (κ3) is 5.06. The van der Waals surface area contributed by atoms with Gasteiger partial charge in [0.05, 0.1) is 5.92 Å². The fraction of sp³-hybridized carbons (Fsp3) is 0.273. The smallest absolute Gasteiger partial charge is 0.231 e. The lowest BCUT2D eigenvalue weighted by molar-refractivity contribution is -0.128. The molecule has 2 aromatic carbocycles. The summed E-state index contributed by atoms with van der Waals surface area (Å²) < 4.78 is 0. The van der Waals surface area contributed by atoms with Crippen molar-refractivity contribution in [3.63, 3.8) is 0 Å². The second kappa shape index (κ2) is 8.96. The third-order valence-electron chi connectivity index (χ3n) is 4.97. The summed E-state index contributed by atoms with van der Waals surface area (Å²) in [6, 6.07) is 20.0. The van der Waals surface area contributed by atoms with Gasteiger partial charge in [-0.25, -0.2) is 0 Å². The fourth-order valence-corrected chi connectivity index (χ4v) is 4.16. The number of aryl methyl sites for hydroxylation is 2. The van der Waals surface area contributed by atoms with Crippen molar-refractivity contribution in [1.82, 2.24) is 15.1 Å². The average Bonchev–Trinajstić information content (AvgIpc) is 3.34. The number of nitrogens with one attached hydrogen (secondary N) is 1. The Bertz CT molecular complexity index is 975. The molecule has 6 nitrogen and oxygen atoms in total. The SMILES string of the molecule is O=C(Nc1nnc(CCc2ccccc2)s1)[C@@H]1CC(=O)N(Cc2ccccc2)C1. The molecule has 1 aliphatic rings. The lowest BCUT2D eigenvalue weighted by Gasteiger charge is -2.16. The first-order valence-electron chi connectivity index (χ1n) is 9.66. The second-order valence-electron chi connectivity index (χ2n) is 7.14. The van der Waals surface area contributed by atoms with Crippen molar-refractivity contribution in [2.75, 3.05) is 11.9 Å². The molecule has 2 amide bonds. The van der Waals surface area contributed by atoms with Crippen LogP contribution in [0.25, 0.3) is 0 Å². The van der Waals surface area contributed by atoms with E-state index in [9.17, 15) is 9.59 Å². The topological polar surface area (TPSA) is 75.2 Å². The number of benzene rings is 2. The minimum absolute atomic E-state index is 0.00909. The molecule has 1 atom stereocenters. The predicted molar refractivity (Wildman–Crippen MR) is 112 cm³/mol. The first-order chi connectivity index (χ1) is 14.2. The van der Waals surface area contributed by atoms with E-state index in [1.807, 2.05) is 48.5 Å². The molecule has 1 aliphatic heterocycles. The van der Waals surface area contributed by atoms with Gasteiger partial charge < -0.3 is 10.2 Å². The van der Waals surface area contributed by atoms with Crippen LogP contribution in [0.15, 0.2) is 60.7 Å². The number of likely N-dealkylation sites (tertiary alicyclic amines) is 1. The first kappa shape index (κ1) is 19.3. The van der Waals surface area contributed by atoms with Gasteiger partial charge in [-0.15, -0.1) is 10.2 Å². The van der Waals surface area contributed by atoms with Crippen molar-refractivity contribution in [2.24, 2.45) is 5.92 Å². The van der Waals surface area contributed by atoms with Crippen LogP contribution in [0, 0.1) is 5.92 Å². The van der Waals surface area contributed by atoms with Gasteiger partial charge >= 0.3 is 0 Å². The van der Waals surface area contributed by atoms with Crippen LogP contribution in [-0.4, -0.2) is 33.5 Å². The number of nitrogens with zero attached hydrogens (tertiary/aromatic N) is 3. The number of aromatic nitrogens is 2. The summed E-state index contributed by atoms with van der Waals surface area (Å²) in [5, 5.41) is 12.5. The number of rotatable bonds is 7. The summed E-state index contributed by atoms with van der Waals surface area (Å²) >= 11 is 1.39. The van der Waals surface area contributed by atoms with Crippen LogP contribution in [0.2, 0.25) is 0 Å². The van der Waals surface area contributed by atoms with Crippen LogP contribution in [0.3, 0.4) is 0 Å². The van der Waals surface area contributed by atoms with E-state index in [4.69, 9.17) is 0 Å². The zero-order valence-electron chi connectivity index (χ0n) is 16.0. The molecule has 1 aromatic heterocycles. The van der Waals surface area contributed by atoms with Gasteiger partial charge in [-0.05, 0) is 17.5 Å². The quantitative estimate of drug-likeness (QED) is 0.653. The zero-order chi connectivity index (χ0) is 20.1. The number of hydrogen-bond acceptors (Lipinski definition) is 5. The van der Waals surface area contributed by atoms with Crippen molar-refractivity contribution < 1.29 is 9.59 Å². The summed E-state index contributed by atoms with van der Waals surface area (Å²) in [6.45, 7) is 0.963. The molecular weight excluding hydrogens is 384 g/mol. The van der Waals surface area contributed by atoms with Crippen molar-refractivity contribution in [1.29, 1.82) is 0 Å². The van der Waals surface area contributed by atoms with Gasteiger partial charge in [-0.3, -0.25) is 9.59 Å². The summed E-state index contributed by atoms with van der Waals surface area (Å²) in [5.74, 6) is -0.516. The van der Waals surface area contributed by atoms with Crippen LogP contribution in [0.1, 0.15) is 22.6 Å². The minimum Gasteiger partial charge on any atom is -0.338 e. The Hall–Kier alpha value is -3.06. The number of carbonyl (C=O) groups excluding carboxylic acids is 2. The van der Waals surface area contributed by atoms with Crippen molar-refractivity contribution >= 4 is 28.3 Å². The predicted octanol–water partition coefficient (Wildman–Crippen LogP) is 3.31. The molecule has 29 heavy (non-hydrogen) atoms. The highest BCUT2D eigenvalue weighted by atomic mass is 32.1. The monoisotopic (exact) mass is 406 g/mol. The maximum Gasteiger partial charge on any atom is 0.231 e. The molecule has 0 saturated carbocycles. The lowest BCUT2D eigenvalue weighted by atomic mass is 10.1. The Kier molecular flexibility index (Phi) is 5.95. The van der Waals surface area contributed by atoms with Gasteiger partial charge in [-0.2, -0.15) is 0 Å². The van der Waals surface area contributed by atoms with E-state index >= 15 is 0 Å². The van der Waals surface area contributed by atoms with E-state index in [0.717, 1.165) is 23.4 Å². The third-order valence-corrected chi connectivity index (χ3v) is 5.87. The summed E-state index contributed by atoms with van der Waals surface area (Å²) in [6.07, 6.45) is 1.90. The van der Waals surface area contributed by atoms with E-state index in [1.165, 1.54) is 16.9 Å². The van der Waals surface area contributed by atoms with Crippen molar-refractivity contribution in [3.05, 3.63) is 76.8 Å². The van der Waals surface area contributed by atoms with Gasteiger partial charge in [0, 0.05) is 25.9 Å². The average molecular weight is 407 g/mol. The molecular formula is C22H22N4O2S. The van der Waals surface area contributed by atoms with Gasteiger partial charge in [0.25, 0.3) is 0 Å². The Morgan fingerprint density at radius 3 is 2.41 bits per heavy atom. The Balaban J connectivity index is 1.29. The minimum atomic E-state index is -0.358. The Morgan fingerprint density at radius 1 is 1.00 bits per heavy atom. The van der Waals surface area contributed by atoms with E-state index in [1.54, 1.807) is 4.90 Å². The maximum atomic E-state index is 12.6. The standard InChI is InChI=1S/C22H22N4O2S/c27-20-13-18(15-26(20)14-17-9-5-2-6-10-17)21(28)23-22-25-24-19(29-22)12-11-16-7-3-1-4-8-16/h1-10,18H,11-15H2,(H,23,25,28)/t18-/m1/s1. The maximum absolute atomic E-state index is 12.6. The second-order valence-corrected chi connectivity index (χ2v) is 8.20. The molecule has 1 fully saturated rings. The van der Waals surface area contributed by atoms with Crippen LogP contribution >= 0.6 is 11.3 Å². The molecule has 1 N–H and O–H groups in total. The van der Waals surface area contributed by atoms with E-state index in [-0.39, 0.29) is 24.2 Å². The number of amides is 2. The largest absolute Gasteiger partial charge is 0.338 e. The van der Waals surface area contributed by atoms with Crippen LogP contribution in [-0.2, 0) is 29.0 Å². The molecule has 0 spiro atoms. The van der Waals surface area contributed by atoms with Crippen molar-refractivity contribution in [2.45, 2.75) is 25.8 Å². The molecule has 0 aliphatic carbocycles. The fourth-order valence-electron chi connectivity index (χ4n) is 3.41. The molecule has 2 heterocycles. The number of anilines is 1. The van der Waals surface area contributed by atoms with Gasteiger partial charge in [-0.1, -0.05) is 72.0 Å². The van der Waals surface area contributed by atoms with Crippen molar-refractivity contribution in [3.8, 4) is 0 Å². The normalized spacial score (nSPS) is 16.2. The van der Waals surface area contributed by atoms with E-state index < -0.39 is 0 Å². The molecule has 0 unspecified atom stereocenters. The van der Waals surface area contributed by atoms with Crippen LogP contribution in [0.5, 0.6) is 0 Å². The molecule has 1 saturated heterocycles. The molecule has 0 bridgehead atoms. The summed E-state index contributed by atoms with van der Waals surface area (Å²) in [5.41, 5.74) is 2.31. The highest BCUT2D eigenvalue weighted by molar-refractivity contribution is 7.15. The molecule has 7 heteroatoms. The molecule has 4 rings (SSSR count). The highest BCUT2D eigenvalue weighted by Crippen LogP contribution is 2.23. The summed E-state index contributed by atoms with van der Waals surface area (Å²) in [4.78, 5) is 26.6. The first-order valence-corrected chi connectivity index (χ1v) is 10.5. The molecule has 0 radical (unpaired) electrons. The number of hydrogen-bond donors (Lipinski definition) is 1. The Morgan fingerprint density at radius 2 is 1.69 bits per heavy atom. The molecule has 148 valence electrons. The van der Waals surface area contributed by atoms with Gasteiger partial charge in [0.1, 0.15) is 5.01 Å². The van der Waals surface area contributed by atoms with Gasteiger partial charge in [0.15, 0.2) is 0 Å². The Labute approximate surface area is 173 Å². The van der Waals surface area contributed by atoms with Gasteiger partial charge in [0.2, 0.25) is 16.9 Å².